The number of carbonyl (C=O) groups excluding carboxylic acids is 1. The van der Waals surface area contributed by atoms with Crippen molar-refractivity contribution in [2.45, 2.75) is 0 Å². The van der Waals surface area contributed by atoms with Gasteiger partial charge in [0, 0.05) is 23.4 Å². The standard InChI is InChI=1S/C10H9N3O4/c14-10-11-9(4-5-12(10)15)7-2-1-3-8(6-7)13(16)17/h1-4,6,15H,5H2,(H,11,14). The molecule has 0 radical (unpaired) electrons. The maximum absolute atomic E-state index is 11.2. The molecule has 0 fully saturated rings. The highest BCUT2D eigenvalue weighted by Gasteiger charge is 2.18. The fourth-order valence-electron chi connectivity index (χ4n) is 1.47. The van der Waals surface area contributed by atoms with Crippen LogP contribution in [0.1, 0.15) is 5.56 Å². The van der Waals surface area contributed by atoms with E-state index in [2.05, 4.69) is 5.32 Å². The Morgan fingerprint density at radius 1 is 1.47 bits per heavy atom. The molecule has 7 heteroatoms. The first-order valence-electron chi connectivity index (χ1n) is 4.80. The summed E-state index contributed by atoms with van der Waals surface area (Å²) in [6, 6.07) is 5.25. The molecule has 0 aliphatic carbocycles. The molecule has 2 N–H and O–H groups in total. The Morgan fingerprint density at radius 2 is 2.24 bits per heavy atom. The maximum Gasteiger partial charge on any atom is 0.345 e. The van der Waals surface area contributed by atoms with Crippen LogP contribution >= 0.6 is 0 Å². The zero-order valence-electron chi connectivity index (χ0n) is 8.66. The Kier molecular flexibility index (Phi) is 2.75. The second-order valence-electron chi connectivity index (χ2n) is 3.44. The van der Waals surface area contributed by atoms with Gasteiger partial charge in [-0.1, -0.05) is 12.1 Å². The Balaban J connectivity index is 2.32. The quantitative estimate of drug-likeness (QED) is 0.459. The van der Waals surface area contributed by atoms with Crippen LogP contribution in [0.2, 0.25) is 0 Å². The molecule has 0 saturated carbocycles. The zero-order chi connectivity index (χ0) is 12.4. The van der Waals surface area contributed by atoms with Crippen LogP contribution in [0.25, 0.3) is 5.70 Å². The van der Waals surface area contributed by atoms with Crippen LogP contribution in [0.3, 0.4) is 0 Å². The Hall–Kier alpha value is -2.41. The van der Waals surface area contributed by atoms with E-state index in [1.807, 2.05) is 0 Å². The smallest absolute Gasteiger partial charge is 0.306 e. The summed E-state index contributed by atoms with van der Waals surface area (Å²) in [5, 5.41) is 22.6. The number of urea groups is 1. The number of hydrogen-bond donors (Lipinski definition) is 2. The lowest BCUT2D eigenvalue weighted by Gasteiger charge is -2.21. The highest BCUT2D eigenvalue weighted by molar-refractivity contribution is 5.87. The topological polar surface area (TPSA) is 95.7 Å². The van der Waals surface area contributed by atoms with E-state index in [0.29, 0.717) is 16.3 Å². The Labute approximate surface area is 96.1 Å². The van der Waals surface area contributed by atoms with Crippen molar-refractivity contribution in [3.05, 3.63) is 46.0 Å². The molecule has 1 aromatic rings. The SMILES string of the molecule is O=C1NC(c2cccc([N+](=O)[O-])c2)=CCN1O. The van der Waals surface area contributed by atoms with E-state index in [0.717, 1.165) is 0 Å². The molecule has 17 heavy (non-hydrogen) atoms. The summed E-state index contributed by atoms with van der Waals surface area (Å²) in [4.78, 5) is 21.3. The van der Waals surface area contributed by atoms with Gasteiger partial charge in [-0.05, 0) is 6.08 Å². The number of non-ortho nitro benzene ring substituents is 1. The number of nitro groups is 1. The third-order valence-electron chi connectivity index (χ3n) is 2.31. The molecule has 1 heterocycles. The average molecular weight is 235 g/mol. The number of hydroxylamine groups is 2. The number of benzene rings is 1. The third kappa shape index (κ3) is 2.23. The summed E-state index contributed by atoms with van der Waals surface area (Å²) >= 11 is 0. The van der Waals surface area contributed by atoms with Crippen molar-refractivity contribution in [1.82, 2.24) is 10.4 Å². The fourth-order valence-corrected chi connectivity index (χ4v) is 1.47. The van der Waals surface area contributed by atoms with Gasteiger partial charge < -0.3 is 5.32 Å². The van der Waals surface area contributed by atoms with Crippen molar-refractivity contribution < 1.29 is 14.9 Å². The lowest BCUT2D eigenvalue weighted by atomic mass is 10.1. The van der Waals surface area contributed by atoms with Gasteiger partial charge in [-0.25, -0.2) is 9.86 Å². The fraction of sp³-hybridized carbons (Fsp3) is 0.100. The van der Waals surface area contributed by atoms with E-state index in [9.17, 15) is 14.9 Å². The number of hydrogen-bond acceptors (Lipinski definition) is 4. The van der Waals surface area contributed by atoms with Gasteiger partial charge in [0.05, 0.1) is 11.5 Å². The van der Waals surface area contributed by atoms with Crippen molar-refractivity contribution in [2.75, 3.05) is 6.54 Å². The van der Waals surface area contributed by atoms with E-state index < -0.39 is 11.0 Å². The first-order chi connectivity index (χ1) is 8.08. The van der Waals surface area contributed by atoms with Gasteiger partial charge in [0.15, 0.2) is 0 Å². The summed E-state index contributed by atoms with van der Waals surface area (Å²) in [5.41, 5.74) is 0.925. The third-order valence-corrected chi connectivity index (χ3v) is 2.31. The van der Waals surface area contributed by atoms with Crippen molar-refractivity contribution in [1.29, 1.82) is 0 Å². The zero-order valence-corrected chi connectivity index (χ0v) is 8.66. The predicted molar refractivity (Wildman–Crippen MR) is 58.1 cm³/mol. The minimum atomic E-state index is -0.658. The van der Waals surface area contributed by atoms with Crippen molar-refractivity contribution in [3.8, 4) is 0 Å². The van der Waals surface area contributed by atoms with E-state index in [4.69, 9.17) is 5.21 Å². The van der Waals surface area contributed by atoms with Crippen LogP contribution in [0.5, 0.6) is 0 Å². The molecule has 2 rings (SSSR count). The molecule has 0 atom stereocenters. The Morgan fingerprint density at radius 3 is 2.88 bits per heavy atom. The van der Waals surface area contributed by atoms with E-state index >= 15 is 0 Å². The lowest BCUT2D eigenvalue weighted by Crippen LogP contribution is -2.40. The summed E-state index contributed by atoms with van der Waals surface area (Å²) in [6.07, 6.45) is 1.57. The van der Waals surface area contributed by atoms with Gasteiger partial charge in [0.1, 0.15) is 0 Å². The van der Waals surface area contributed by atoms with Crippen molar-refractivity contribution in [3.63, 3.8) is 0 Å². The highest BCUT2D eigenvalue weighted by atomic mass is 16.6. The molecule has 0 bridgehead atoms. The van der Waals surface area contributed by atoms with Crippen LogP contribution < -0.4 is 5.32 Å². The van der Waals surface area contributed by atoms with Gasteiger partial charge in [-0.3, -0.25) is 15.3 Å². The molecule has 0 saturated heterocycles. The van der Waals surface area contributed by atoms with Crippen LogP contribution in [0, 0.1) is 10.1 Å². The normalized spacial score (nSPS) is 15.2. The molecule has 1 aliphatic heterocycles. The Bertz CT molecular complexity index is 512. The summed E-state index contributed by atoms with van der Waals surface area (Å²) in [7, 11) is 0. The number of nitrogens with one attached hydrogen (secondary N) is 1. The van der Waals surface area contributed by atoms with Gasteiger partial charge in [0.2, 0.25) is 0 Å². The minimum Gasteiger partial charge on any atom is -0.306 e. The molecule has 7 nitrogen and oxygen atoms in total. The predicted octanol–water partition coefficient (Wildman–Crippen LogP) is 1.35. The molecule has 0 aromatic heterocycles. The first kappa shape index (κ1) is 11.1. The van der Waals surface area contributed by atoms with Crippen molar-refractivity contribution in [2.24, 2.45) is 0 Å². The molecule has 0 spiro atoms. The van der Waals surface area contributed by atoms with Crippen LogP contribution in [0.15, 0.2) is 30.3 Å². The van der Waals surface area contributed by atoms with Gasteiger partial charge in [0.25, 0.3) is 5.69 Å². The summed E-state index contributed by atoms with van der Waals surface area (Å²) < 4.78 is 0. The lowest BCUT2D eigenvalue weighted by molar-refractivity contribution is -0.384. The second-order valence-corrected chi connectivity index (χ2v) is 3.44. The van der Waals surface area contributed by atoms with E-state index in [-0.39, 0.29) is 12.2 Å². The molecule has 2 amide bonds. The maximum atomic E-state index is 11.2. The van der Waals surface area contributed by atoms with Gasteiger partial charge in [-0.2, -0.15) is 0 Å². The van der Waals surface area contributed by atoms with Crippen LogP contribution in [-0.2, 0) is 0 Å². The minimum absolute atomic E-state index is 0.0455. The monoisotopic (exact) mass is 235 g/mol. The van der Waals surface area contributed by atoms with Gasteiger partial charge in [-0.15, -0.1) is 0 Å². The molecular weight excluding hydrogens is 226 g/mol. The van der Waals surface area contributed by atoms with Gasteiger partial charge >= 0.3 is 6.03 Å². The average Bonchev–Trinajstić information content (AvgIpc) is 2.33. The molecule has 1 aromatic carbocycles. The van der Waals surface area contributed by atoms with Crippen LogP contribution in [0.4, 0.5) is 10.5 Å². The number of nitrogens with zero attached hydrogens (tertiary/aromatic N) is 2. The number of rotatable bonds is 2. The molecular formula is C10H9N3O4. The summed E-state index contributed by atoms with van der Waals surface area (Å²) in [5.74, 6) is 0. The van der Waals surface area contributed by atoms with Crippen molar-refractivity contribution >= 4 is 17.4 Å². The first-order valence-corrected chi connectivity index (χ1v) is 4.80. The summed E-state index contributed by atoms with van der Waals surface area (Å²) in [6.45, 7) is 0.0455. The highest BCUT2D eigenvalue weighted by Crippen LogP contribution is 2.20. The molecule has 88 valence electrons. The van der Waals surface area contributed by atoms with E-state index in [1.54, 1.807) is 12.1 Å². The number of amides is 2. The van der Waals surface area contributed by atoms with E-state index in [1.165, 1.54) is 18.2 Å². The number of carbonyl (C=O) groups is 1. The second kappa shape index (κ2) is 4.22. The van der Waals surface area contributed by atoms with Crippen LogP contribution in [-0.4, -0.2) is 27.8 Å². The number of nitro benzene ring substituents is 1. The largest absolute Gasteiger partial charge is 0.345 e. The molecule has 1 aliphatic rings. The molecule has 0 unspecified atom stereocenters.